The zero-order valence-corrected chi connectivity index (χ0v) is 10.9. The Kier molecular flexibility index (Phi) is 3.45. The number of aromatic nitrogens is 1. The van der Waals surface area contributed by atoms with Gasteiger partial charge in [0.1, 0.15) is 5.82 Å². The quantitative estimate of drug-likeness (QED) is 0.805. The fourth-order valence-electron chi connectivity index (χ4n) is 1.94. The monoisotopic (exact) mass is 269 g/mol. The largest absolute Gasteiger partial charge is 0.390 e. The summed E-state index contributed by atoms with van der Waals surface area (Å²) in [5.41, 5.74) is 5.26. The van der Waals surface area contributed by atoms with Crippen molar-refractivity contribution < 1.29 is 9.90 Å². The molecule has 0 aliphatic carbocycles. The number of aliphatic hydroxyl groups is 1. The van der Waals surface area contributed by atoms with Crippen LogP contribution in [0.1, 0.15) is 30.1 Å². The number of amides is 1. The molecule has 98 valence electrons. The van der Waals surface area contributed by atoms with Crippen LogP contribution in [-0.4, -0.2) is 39.6 Å². The van der Waals surface area contributed by atoms with E-state index in [1.807, 2.05) is 0 Å². The minimum atomic E-state index is -0.673. The normalized spacial score (nSPS) is 18.7. The highest BCUT2D eigenvalue weighted by atomic mass is 35.5. The molecular formula is C12H16ClN3O2. The van der Waals surface area contributed by atoms with Gasteiger partial charge in [-0.2, -0.15) is 0 Å². The van der Waals surface area contributed by atoms with E-state index in [0.717, 1.165) is 0 Å². The van der Waals surface area contributed by atoms with Crippen LogP contribution in [0.3, 0.4) is 0 Å². The predicted molar refractivity (Wildman–Crippen MR) is 69.4 cm³/mol. The minimum Gasteiger partial charge on any atom is -0.390 e. The lowest BCUT2D eigenvalue weighted by atomic mass is 9.93. The van der Waals surface area contributed by atoms with Gasteiger partial charge < -0.3 is 15.7 Å². The zero-order valence-electron chi connectivity index (χ0n) is 10.2. The number of pyridine rings is 1. The van der Waals surface area contributed by atoms with Crippen molar-refractivity contribution in [3.05, 3.63) is 22.8 Å². The van der Waals surface area contributed by atoms with Gasteiger partial charge in [0.2, 0.25) is 0 Å². The number of hydrogen-bond donors (Lipinski definition) is 2. The van der Waals surface area contributed by atoms with Crippen LogP contribution < -0.4 is 5.73 Å². The molecule has 1 aliphatic heterocycles. The topological polar surface area (TPSA) is 79.5 Å². The summed E-state index contributed by atoms with van der Waals surface area (Å²) in [6.07, 6.45) is 2.58. The summed E-state index contributed by atoms with van der Waals surface area (Å²) < 4.78 is 0. The molecule has 2 heterocycles. The first-order chi connectivity index (χ1) is 8.39. The molecule has 1 amide bonds. The van der Waals surface area contributed by atoms with E-state index in [2.05, 4.69) is 4.98 Å². The molecule has 5 nitrogen and oxygen atoms in total. The molecule has 1 aromatic rings. The molecule has 0 radical (unpaired) electrons. The molecule has 6 heteroatoms. The van der Waals surface area contributed by atoms with Gasteiger partial charge in [-0.1, -0.05) is 11.6 Å². The number of nitrogens with two attached hydrogens (primary N) is 1. The first-order valence-electron chi connectivity index (χ1n) is 5.82. The van der Waals surface area contributed by atoms with E-state index in [-0.39, 0.29) is 16.7 Å². The Bertz CT molecular complexity index is 466. The van der Waals surface area contributed by atoms with Crippen molar-refractivity contribution in [2.45, 2.75) is 25.4 Å². The first-order valence-corrected chi connectivity index (χ1v) is 6.19. The highest BCUT2D eigenvalue weighted by Crippen LogP contribution is 2.23. The van der Waals surface area contributed by atoms with Crippen molar-refractivity contribution in [1.82, 2.24) is 9.88 Å². The fourth-order valence-corrected chi connectivity index (χ4v) is 2.11. The Morgan fingerprint density at radius 3 is 2.72 bits per heavy atom. The van der Waals surface area contributed by atoms with Crippen molar-refractivity contribution in [3.8, 4) is 0 Å². The van der Waals surface area contributed by atoms with E-state index in [4.69, 9.17) is 17.3 Å². The molecule has 1 aliphatic rings. The van der Waals surface area contributed by atoms with Crippen LogP contribution in [0.5, 0.6) is 0 Å². The third-order valence-electron chi connectivity index (χ3n) is 3.24. The standard InChI is InChI=1S/C12H16ClN3O2/c1-12(18)2-4-16(5-3-12)11(17)8-6-9(13)10(14)15-7-8/h6-7,18H,2-5H2,1H3,(H2,14,15). The first kappa shape index (κ1) is 13.1. The summed E-state index contributed by atoms with van der Waals surface area (Å²) in [5.74, 6) is 0.0923. The second-order valence-electron chi connectivity index (χ2n) is 4.88. The Morgan fingerprint density at radius 2 is 2.17 bits per heavy atom. The third-order valence-corrected chi connectivity index (χ3v) is 3.55. The Labute approximate surface area is 111 Å². The highest BCUT2D eigenvalue weighted by Gasteiger charge is 2.30. The van der Waals surface area contributed by atoms with Gasteiger partial charge in [-0.3, -0.25) is 4.79 Å². The van der Waals surface area contributed by atoms with E-state index in [0.29, 0.717) is 31.5 Å². The van der Waals surface area contributed by atoms with Gasteiger partial charge in [0.25, 0.3) is 5.91 Å². The van der Waals surface area contributed by atoms with Gasteiger partial charge >= 0.3 is 0 Å². The summed E-state index contributed by atoms with van der Waals surface area (Å²) in [6, 6.07) is 1.53. The lowest BCUT2D eigenvalue weighted by molar-refractivity contribution is -0.00203. The number of carbonyl (C=O) groups is 1. The molecular weight excluding hydrogens is 254 g/mol. The maximum atomic E-state index is 12.2. The predicted octanol–water partition coefficient (Wildman–Crippen LogP) is 1.30. The number of rotatable bonds is 1. The van der Waals surface area contributed by atoms with Crippen molar-refractivity contribution in [2.75, 3.05) is 18.8 Å². The van der Waals surface area contributed by atoms with E-state index in [1.165, 1.54) is 12.3 Å². The van der Waals surface area contributed by atoms with Crippen LogP contribution in [0.4, 0.5) is 5.82 Å². The van der Waals surface area contributed by atoms with Gasteiger partial charge in [-0.05, 0) is 25.8 Å². The van der Waals surface area contributed by atoms with E-state index < -0.39 is 5.60 Å². The Morgan fingerprint density at radius 1 is 1.56 bits per heavy atom. The maximum absolute atomic E-state index is 12.2. The van der Waals surface area contributed by atoms with Crippen molar-refractivity contribution in [3.63, 3.8) is 0 Å². The molecule has 18 heavy (non-hydrogen) atoms. The van der Waals surface area contributed by atoms with E-state index >= 15 is 0 Å². The lowest BCUT2D eigenvalue weighted by Crippen LogP contribution is -2.45. The van der Waals surface area contributed by atoms with Gasteiger partial charge in [-0.25, -0.2) is 4.98 Å². The molecule has 1 aromatic heterocycles. The average molecular weight is 270 g/mol. The summed E-state index contributed by atoms with van der Waals surface area (Å²) in [4.78, 5) is 17.7. The van der Waals surface area contributed by atoms with Crippen LogP contribution in [0.15, 0.2) is 12.3 Å². The molecule has 2 rings (SSSR count). The second kappa shape index (κ2) is 4.74. The Hall–Kier alpha value is -1.33. The molecule has 0 saturated carbocycles. The number of halogens is 1. The number of piperidine rings is 1. The third kappa shape index (κ3) is 2.73. The lowest BCUT2D eigenvalue weighted by Gasteiger charge is -2.35. The van der Waals surface area contributed by atoms with Crippen LogP contribution in [0.25, 0.3) is 0 Å². The molecule has 0 spiro atoms. The summed E-state index contributed by atoms with van der Waals surface area (Å²) in [7, 11) is 0. The van der Waals surface area contributed by atoms with Crippen molar-refractivity contribution >= 4 is 23.3 Å². The summed E-state index contributed by atoms with van der Waals surface area (Å²) in [5, 5.41) is 10.1. The van der Waals surface area contributed by atoms with E-state index in [9.17, 15) is 9.90 Å². The summed E-state index contributed by atoms with van der Waals surface area (Å²) >= 11 is 5.84. The molecule has 0 bridgehead atoms. The number of carbonyl (C=O) groups excluding carboxylic acids is 1. The number of hydrogen-bond acceptors (Lipinski definition) is 4. The number of nitrogens with zero attached hydrogens (tertiary/aromatic N) is 2. The fraction of sp³-hybridized carbons (Fsp3) is 0.500. The van der Waals surface area contributed by atoms with Gasteiger partial charge in [0.15, 0.2) is 0 Å². The number of nitrogen functional groups attached to an aromatic ring is 1. The van der Waals surface area contributed by atoms with Crippen molar-refractivity contribution in [1.29, 1.82) is 0 Å². The smallest absolute Gasteiger partial charge is 0.255 e. The zero-order chi connectivity index (χ0) is 13.3. The van der Waals surface area contributed by atoms with Crippen LogP contribution >= 0.6 is 11.6 Å². The molecule has 0 aromatic carbocycles. The molecule has 0 atom stereocenters. The maximum Gasteiger partial charge on any atom is 0.255 e. The van der Waals surface area contributed by atoms with Gasteiger partial charge in [-0.15, -0.1) is 0 Å². The number of anilines is 1. The van der Waals surface area contributed by atoms with Crippen molar-refractivity contribution in [2.24, 2.45) is 0 Å². The molecule has 1 fully saturated rings. The molecule has 3 N–H and O–H groups in total. The SMILES string of the molecule is CC1(O)CCN(C(=O)c2cnc(N)c(Cl)c2)CC1. The number of likely N-dealkylation sites (tertiary alicyclic amines) is 1. The van der Waals surface area contributed by atoms with E-state index in [1.54, 1.807) is 11.8 Å². The highest BCUT2D eigenvalue weighted by molar-refractivity contribution is 6.33. The minimum absolute atomic E-state index is 0.125. The van der Waals surface area contributed by atoms with Crippen LogP contribution in [0.2, 0.25) is 5.02 Å². The van der Waals surface area contributed by atoms with Crippen LogP contribution in [-0.2, 0) is 0 Å². The Balaban J connectivity index is 2.10. The van der Waals surface area contributed by atoms with Gasteiger partial charge in [0.05, 0.1) is 16.2 Å². The van der Waals surface area contributed by atoms with Gasteiger partial charge in [0, 0.05) is 19.3 Å². The van der Waals surface area contributed by atoms with Crippen LogP contribution in [0, 0.1) is 0 Å². The summed E-state index contributed by atoms with van der Waals surface area (Å²) in [6.45, 7) is 2.86. The average Bonchev–Trinajstić information content (AvgIpc) is 2.32. The second-order valence-corrected chi connectivity index (χ2v) is 5.29. The molecule has 0 unspecified atom stereocenters. The molecule has 1 saturated heterocycles.